The summed E-state index contributed by atoms with van der Waals surface area (Å²) in [5.74, 6) is 0.505. The fourth-order valence-corrected chi connectivity index (χ4v) is 1.83. The van der Waals surface area contributed by atoms with Crippen LogP contribution >= 0.6 is 0 Å². The molecule has 0 heterocycles. The van der Waals surface area contributed by atoms with E-state index in [1.54, 1.807) is 13.8 Å². The van der Waals surface area contributed by atoms with Crippen LogP contribution in [0, 0.1) is 17.2 Å². The number of hydrogen-bond donors (Lipinski definition) is 2. The molecule has 0 fully saturated rings. The highest BCUT2D eigenvalue weighted by molar-refractivity contribution is 5.85. The third-order valence-corrected chi connectivity index (χ3v) is 3.72. The second-order valence-electron chi connectivity index (χ2n) is 5.75. The van der Waals surface area contributed by atoms with Crippen molar-refractivity contribution < 1.29 is 9.53 Å². The summed E-state index contributed by atoms with van der Waals surface area (Å²) in [6, 6.07) is 9.17. The summed E-state index contributed by atoms with van der Waals surface area (Å²) in [6.07, 6.45) is 0. The van der Waals surface area contributed by atoms with Crippen LogP contribution in [0.25, 0.3) is 0 Å². The Balaban J connectivity index is 2.79. The van der Waals surface area contributed by atoms with E-state index in [9.17, 15) is 10.1 Å². The molecule has 5 nitrogen and oxygen atoms in total. The quantitative estimate of drug-likeness (QED) is 0.812. The number of rotatable bonds is 7. The van der Waals surface area contributed by atoms with Crippen LogP contribution < -0.4 is 15.4 Å². The van der Waals surface area contributed by atoms with Crippen molar-refractivity contribution in [3.8, 4) is 11.8 Å². The molecule has 0 aromatic heterocycles. The summed E-state index contributed by atoms with van der Waals surface area (Å²) in [6.45, 7) is 9.78. The standard InChI is InChI=1S/C17H25N3O2/c1-6-22-15-10-8-7-9-14(15)19-13(4)16(21)20-17(5,11-18)12(2)3/h7-10,12-13,19H,6H2,1-5H3,(H,20,21)/t13-,17+/m1/s1. The van der Waals surface area contributed by atoms with Gasteiger partial charge in [0, 0.05) is 0 Å². The molecule has 2 N–H and O–H groups in total. The van der Waals surface area contributed by atoms with Gasteiger partial charge in [-0.05, 0) is 38.8 Å². The van der Waals surface area contributed by atoms with Crippen LogP contribution in [0.4, 0.5) is 5.69 Å². The van der Waals surface area contributed by atoms with Crippen LogP contribution in [0.3, 0.4) is 0 Å². The van der Waals surface area contributed by atoms with E-state index in [1.807, 2.05) is 45.0 Å². The lowest BCUT2D eigenvalue weighted by molar-refractivity contribution is -0.123. The number of nitrogens with one attached hydrogen (secondary N) is 2. The Morgan fingerprint density at radius 1 is 1.36 bits per heavy atom. The lowest BCUT2D eigenvalue weighted by Crippen LogP contribution is -2.52. The number of nitriles is 1. The topological polar surface area (TPSA) is 74.2 Å². The van der Waals surface area contributed by atoms with Crippen molar-refractivity contribution in [3.05, 3.63) is 24.3 Å². The van der Waals surface area contributed by atoms with Gasteiger partial charge in [-0.2, -0.15) is 5.26 Å². The molecule has 0 radical (unpaired) electrons. The largest absolute Gasteiger partial charge is 0.492 e. The van der Waals surface area contributed by atoms with E-state index in [4.69, 9.17) is 4.74 Å². The second kappa shape index (κ2) is 7.69. The van der Waals surface area contributed by atoms with Gasteiger partial charge in [0.15, 0.2) is 0 Å². The Morgan fingerprint density at radius 3 is 2.55 bits per heavy atom. The smallest absolute Gasteiger partial charge is 0.243 e. The number of para-hydroxylation sites is 2. The van der Waals surface area contributed by atoms with E-state index < -0.39 is 11.6 Å². The number of amides is 1. The number of benzene rings is 1. The van der Waals surface area contributed by atoms with Gasteiger partial charge in [0.2, 0.25) is 5.91 Å². The molecular weight excluding hydrogens is 278 g/mol. The second-order valence-corrected chi connectivity index (χ2v) is 5.75. The number of nitrogens with zero attached hydrogens (tertiary/aromatic N) is 1. The predicted molar refractivity (Wildman–Crippen MR) is 87.7 cm³/mol. The molecule has 5 heteroatoms. The number of carbonyl (C=O) groups excluding carboxylic acids is 1. The zero-order chi connectivity index (χ0) is 16.8. The van der Waals surface area contributed by atoms with E-state index in [2.05, 4.69) is 16.7 Å². The zero-order valence-electron chi connectivity index (χ0n) is 13.9. The monoisotopic (exact) mass is 303 g/mol. The molecule has 1 rings (SSSR count). The van der Waals surface area contributed by atoms with E-state index in [1.165, 1.54) is 0 Å². The molecule has 0 bridgehead atoms. The van der Waals surface area contributed by atoms with Crippen LogP contribution in [0.1, 0.15) is 34.6 Å². The van der Waals surface area contributed by atoms with Crippen molar-refractivity contribution in [1.82, 2.24) is 5.32 Å². The third kappa shape index (κ3) is 4.39. The van der Waals surface area contributed by atoms with Crippen molar-refractivity contribution >= 4 is 11.6 Å². The minimum absolute atomic E-state index is 0.0179. The zero-order valence-corrected chi connectivity index (χ0v) is 13.9. The molecule has 0 saturated carbocycles. The predicted octanol–water partition coefficient (Wildman–Crippen LogP) is 2.94. The normalized spacial score (nSPS) is 14.6. The average molecular weight is 303 g/mol. The molecule has 0 saturated heterocycles. The van der Waals surface area contributed by atoms with Crippen LogP contribution in [0.15, 0.2) is 24.3 Å². The first-order valence-corrected chi connectivity index (χ1v) is 7.55. The minimum atomic E-state index is -0.882. The van der Waals surface area contributed by atoms with Gasteiger partial charge in [-0.1, -0.05) is 26.0 Å². The molecule has 2 atom stereocenters. The molecule has 120 valence electrons. The highest BCUT2D eigenvalue weighted by atomic mass is 16.5. The first-order valence-electron chi connectivity index (χ1n) is 7.55. The Labute approximate surface area is 132 Å². The maximum absolute atomic E-state index is 12.3. The van der Waals surface area contributed by atoms with Crippen molar-refractivity contribution in [3.63, 3.8) is 0 Å². The van der Waals surface area contributed by atoms with Crippen molar-refractivity contribution in [2.45, 2.75) is 46.2 Å². The molecule has 0 aliphatic heterocycles. The van der Waals surface area contributed by atoms with Gasteiger partial charge >= 0.3 is 0 Å². The highest BCUT2D eigenvalue weighted by Crippen LogP contribution is 2.24. The number of ether oxygens (including phenoxy) is 1. The molecule has 0 aliphatic rings. The van der Waals surface area contributed by atoms with E-state index in [0.29, 0.717) is 12.4 Å². The summed E-state index contributed by atoms with van der Waals surface area (Å²) < 4.78 is 5.53. The Hall–Kier alpha value is -2.22. The summed E-state index contributed by atoms with van der Waals surface area (Å²) in [5, 5.41) is 15.2. The van der Waals surface area contributed by atoms with Gasteiger partial charge in [-0.3, -0.25) is 4.79 Å². The maximum Gasteiger partial charge on any atom is 0.243 e. The molecule has 0 spiro atoms. The number of hydrogen-bond acceptors (Lipinski definition) is 4. The molecule has 22 heavy (non-hydrogen) atoms. The van der Waals surface area contributed by atoms with E-state index in [-0.39, 0.29) is 11.8 Å². The van der Waals surface area contributed by atoms with Gasteiger partial charge in [0.05, 0.1) is 18.4 Å². The highest BCUT2D eigenvalue weighted by Gasteiger charge is 2.31. The molecule has 1 aromatic rings. The third-order valence-electron chi connectivity index (χ3n) is 3.72. The first-order chi connectivity index (χ1) is 10.3. The fourth-order valence-electron chi connectivity index (χ4n) is 1.83. The fraction of sp³-hybridized carbons (Fsp3) is 0.529. The minimum Gasteiger partial charge on any atom is -0.492 e. The summed E-state index contributed by atoms with van der Waals surface area (Å²) >= 11 is 0. The van der Waals surface area contributed by atoms with Gasteiger partial charge < -0.3 is 15.4 Å². The maximum atomic E-state index is 12.3. The number of carbonyl (C=O) groups is 1. The van der Waals surface area contributed by atoms with Crippen LogP contribution in [0.2, 0.25) is 0 Å². The van der Waals surface area contributed by atoms with Crippen LogP contribution in [0.5, 0.6) is 5.75 Å². The molecule has 1 aromatic carbocycles. The Bertz CT molecular complexity index is 551. The van der Waals surface area contributed by atoms with E-state index >= 15 is 0 Å². The Kier molecular flexibility index (Phi) is 6.24. The van der Waals surface area contributed by atoms with Gasteiger partial charge in [-0.15, -0.1) is 0 Å². The number of anilines is 1. The molecular formula is C17H25N3O2. The lowest BCUT2D eigenvalue weighted by atomic mass is 9.90. The summed E-state index contributed by atoms with van der Waals surface area (Å²) in [7, 11) is 0. The lowest BCUT2D eigenvalue weighted by Gasteiger charge is -2.29. The van der Waals surface area contributed by atoms with Crippen molar-refractivity contribution in [2.24, 2.45) is 5.92 Å². The average Bonchev–Trinajstić information content (AvgIpc) is 2.49. The van der Waals surface area contributed by atoms with Gasteiger partial charge in [0.1, 0.15) is 17.3 Å². The SMILES string of the molecule is CCOc1ccccc1N[C@H](C)C(=O)N[C@@](C)(C#N)C(C)C. The van der Waals surface area contributed by atoms with Crippen LogP contribution in [-0.4, -0.2) is 24.1 Å². The Morgan fingerprint density at radius 2 is 2.00 bits per heavy atom. The molecule has 0 unspecified atom stereocenters. The molecule has 0 aliphatic carbocycles. The van der Waals surface area contributed by atoms with Crippen molar-refractivity contribution in [2.75, 3.05) is 11.9 Å². The van der Waals surface area contributed by atoms with Crippen LogP contribution in [-0.2, 0) is 4.79 Å². The molecule has 1 amide bonds. The van der Waals surface area contributed by atoms with Gasteiger partial charge in [-0.25, -0.2) is 0 Å². The van der Waals surface area contributed by atoms with Crippen molar-refractivity contribution in [1.29, 1.82) is 5.26 Å². The summed E-state index contributed by atoms with van der Waals surface area (Å²) in [4.78, 5) is 12.3. The van der Waals surface area contributed by atoms with E-state index in [0.717, 1.165) is 5.69 Å². The van der Waals surface area contributed by atoms with Gasteiger partial charge in [0.25, 0.3) is 0 Å². The summed E-state index contributed by atoms with van der Waals surface area (Å²) in [5.41, 5.74) is -0.123. The first kappa shape index (κ1) is 17.8.